The fourth-order valence-electron chi connectivity index (χ4n) is 1.88. The van der Waals surface area contributed by atoms with Gasteiger partial charge in [-0.25, -0.2) is 9.97 Å². The maximum atomic E-state index is 6.20. The molecule has 0 atom stereocenters. The summed E-state index contributed by atoms with van der Waals surface area (Å²) in [7, 11) is 0. The fraction of sp³-hybridized carbons (Fsp3) is 0.500. The monoisotopic (exact) mass is 278 g/mol. The van der Waals surface area contributed by atoms with Crippen LogP contribution in [0.15, 0.2) is 12.4 Å². The van der Waals surface area contributed by atoms with Gasteiger partial charge in [0.1, 0.15) is 11.0 Å². The zero-order valence-corrected chi connectivity index (χ0v) is 12.6. The van der Waals surface area contributed by atoms with E-state index in [-0.39, 0.29) is 5.92 Å². The summed E-state index contributed by atoms with van der Waals surface area (Å²) < 4.78 is 1.93. The van der Waals surface area contributed by atoms with E-state index in [0.29, 0.717) is 5.15 Å². The molecule has 0 spiro atoms. The molecule has 0 fully saturated rings. The predicted octanol–water partition coefficient (Wildman–Crippen LogP) is 3.84. The van der Waals surface area contributed by atoms with Crippen LogP contribution in [-0.2, 0) is 6.54 Å². The van der Waals surface area contributed by atoms with Crippen LogP contribution >= 0.6 is 11.6 Å². The summed E-state index contributed by atoms with van der Waals surface area (Å²) in [6.45, 7) is 9.11. The van der Waals surface area contributed by atoms with Crippen molar-refractivity contribution in [2.45, 2.75) is 46.6 Å². The van der Waals surface area contributed by atoms with E-state index < -0.39 is 0 Å². The molecule has 0 saturated carbocycles. The fourth-order valence-corrected chi connectivity index (χ4v) is 2.06. The normalized spacial score (nSPS) is 11.3. The predicted molar refractivity (Wildman–Crippen MR) is 77.4 cm³/mol. The average Bonchev–Trinajstić information content (AvgIpc) is 2.81. The SMILES string of the molecule is CCCn1cc(-c2nc(C(C)C)nc(Cl)c2C)cn1. The summed E-state index contributed by atoms with van der Waals surface area (Å²) in [5.41, 5.74) is 2.78. The second-order valence-electron chi connectivity index (χ2n) is 4.99. The lowest BCUT2D eigenvalue weighted by Gasteiger charge is -2.09. The molecule has 2 heterocycles. The van der Waals surface area contributed by atoms with E-state index in [4.69, 9.17) is 11.6 Å². The van der Waals surface area contributed by atoms with E-state index in [1.807, 2.05) is 24.0 Å². The highest BCUT2D eigenvalue weighted by molar-refractivity contribution is 6.30. The minimum absolute atomic E-state index is 0.252. The molecule has 0 aliphatic heterocycles. The molecular weight excluding hydrogens is 260 g/mol. The summed E-state index contributed by atoms with van der Waals surface area (Å²) in [5.74, 6) is 1.02. The van der Waals surface area contributed by atoms with Gasteiger partial charge in [0.05, 0.1) is 11.9 Å². The van der Waals surface area contributed by atoms with Gasteiger partial charge in [0.15, 0.2) is 0 Å². The third-order valence-corrected chi connectivity index (χ3v) is 3.35. The highest BCUT2D eigenvalue weighted by Gasteiger charge is 2.14. The highest BCUT2D eigenvalue weighted by Crippen LogP contribution is 2.27. The lowest BCUT2D eigenvalue weighted by Crippen LogP contribution is -2.02. The van der Waals surface area contributed by atoms with Crippen LogP contribution in [0.2, 0.25) is 5.15 Å². The standard InChI is InChI=1S/C14H19ClN4/c1-5-6-19-8-11(7-16-19)12-10(4)13(15)18-14(17-12)9(2)3/h7-9H,5-6H2,1-4H3. The van der Waals surface area contributed by atoms with Crippen LogP contribution in [0.3, 0.4) is 0 Å². The van der Waals surface area contributed by atoms with Gasteiger partial charge in [-0.05, 0) is 13.3 Å². The third kappa shape index (κ3) is 2.95. The molecule has 2 rings (SSSR count). The van der Waals surface area contributed by atoms with Crippen molar-refractivity contribution in [1.82, 2.24) is 19.7 Å². The molecule has 5 heteroatoms. The van der Waals surface area contributed by atoms with Crippen molar-refractivity contribution in [2.24, 2.45) is 0 Å². The van der Waals surface area contributed by atoms with Crippen LogP contribution in [0.5, 0.6) is 0 Å². The Balaban J connectivity index is 2.47. The first kappa shape index (κ1) is 14.0. The molecule has 0 bridgehead atoms. The zero-order chi connectivity index (χ0) is 14.0. The summed E-state index contributed by atoms with van der Waals surface area (Å²) >= 11 is 6.20. The number of aromatic nitrogens is 4. The molecule has 102 valence electrons. The number of halogens is 1. The number of hydrogen-bond acceptors (Lipinski definition) is 3. The van der Waals surface area contributed by atoms with E-state index in [1.54, 1.807) is 0 Å². The van der Waals surface area contributed by atoms with E-state index >= 15 is 0 Å². The lowest BCUT2D eigenvalue weighted by atomic mass is 10.1. The average molecular weight is 279 g/mol. The van der Waals surface area contributed by atoms with Crippen molar-refractivity contribution in [3.63, 3.8) is 0 Å². The number of aryl methyl sites for hydroxylation is 1. The second-order valence-corrected chi connectivity index (χ2v) is 5.35. The van der Waals surface area contributed by atoms with Gasteiger partial charge in [0.2, 0.25) is 0 Å². The molecular formula is C14H19ClN4. The van der Waals surface area contributed by atoms with E-state index in [2.05, 4.69) is 35.8 Å². The molecule has 4 nitrogen and oxygen atoms in total. The third-order valence-electron chi connectivity index (χ3n) is 2.98. The number of hydrogen-bond donors (Lipinski definition) is 0. The quantitative estimate of drug-likeness (QED) is 0.798. The first-order valence-corrected chi connectivity index (χ1v) is 6.97. The molecule has 0 aromatic carbocycles. The van der Waals surface area contributed by atoms with E-state index in [0.717, 1.165) is 35.6 Å². The van der Waals surface area contributed by atoms with Gasteiger partial charge in [0, 0.05) is 29.8 Å². The van der Waals surface area contributed by atoms with Gasteiger partial charge in [-0.15, -0.1) is 0 Å². The van der Waals surface area contributed by atoms with Crippen molar-refractivity contribution in [1.29, 1.82) is 0 Å². The van der Waals surface area contributed by atoms with Crippen molar-refractivity contribution < 1.29 is 0 Å². The number of nitrogens with zero attached hydrogens (tertiary/aromatic N) is 4. The topological polar surface area (TPSA) is 43.6 Å². The molecule has 0 aliphatic carbocycles. The van der Waals surface area contributed by atoms with Crippen LogP contribution in [0.1, 0.15) is 44.5 Å². The van der Waals surface area contributed by atoms with Gasteiger partial charge in [0.25, 0.3) is 0 Å². The Bertz CT molecular complexity index is 575. The van der Waals surface area contributed by atoms with Gasteiger partial charge in [-0.3, -0.25) is 4.68 Å². The van der Waals surface area contributed by atoms with Crippen molar-refractivity contribution in [3.05, 3.63) is 28.9 Å². The molecule has 0 radical (unpaired) electrons. The molecule has 0 N–H and O–H groups in total. The van der Waals surface area contributed by atoms with Crippen LogP contribution in [0.4, 0.5) is 0 Å². The van der Waals surface area contributed by atoms with E-state index in [9.17, 15) is 0 Å². The van der Waals surface area contributed by atoms with E-state index in [1.165, 1.54) is 0 Å². The highest BCUT2D eigenvalue weighted by atomic mass is 35.5. The summed E-state index contributed by atoms with van der Waals surface area (Å²) in [5, 5.41) is 4.87. The Morgan fingerprint density at radius 2 is 2.05 bits per heavy atom. The van der Waals surface area contributed by atoms with Crippen LogP contribution in [0.25, 0.3) is 11.3 Å². The zero-order valence-electron chi connectivity index (χ0n) is 11.8. The molecule has 0 saturated heterocycles. The van der Waals surface area contributed by atoms with Gasteiger partial charge < -0.3 is 0 Å². The first-order valence-electron chi connectivity index (χ1n) is 6.59. The maximum Gasteiger partial charge on any atom is 0.136 e. The molecule has 19 heavy (non-hydrogen) atoms. The molecule has 0 aliphatic rings. The van der Waals surface area contributed by atoms with Crippen molar-refractivity contribution in [3.8, 4) is 11.3 Å². The molecule has 2 aromatic heterocycles. The maximum absolute atomic E-state index is 6.20. The Morgan fingerprint density at radius 1 is 1.32 bits per heavy atom. The van der Waals surface area contributed by atoms with Crippen LogP contribution < -0.4 is 0 Å². The first-order chi connectivity index (χ1) is 9.02. The molecule has 0 unspecified atom stereocenters. The Labute approximate surface area is 118 Å². The largest absolute Gasteiger partial charge is 0.272 e. The van der Waals surface area contributed by atoms with Crippen LogP contribution in [0, 0.1) is 6.92 Å². The number of rotatable bonds is 4. The van der Waals surface area contributed by atoms with Gasteiger partial charge in [-0.2, -0.15) is 5.10 Å². The smallest absolute Gasteiger partial charge is 0.136 e. The summed E-state index contributed by atoms with van der Waals surface area (Å²) in [6, 6.07) is 0. The van der Waals surface area contributed by atoms with Gasteiger partial charge >= 0.3 is 0 Å². The minimum atomic E-state index is 0.252. The van der Waals surface area contributed by atoms with Crippen molar-refractivity contribution in [2.75, 3.05) is 0 Å². The second kappa shape index (κ2) is 5.70. The van der Waals surface area contributed by atoms with Crippen molar-refractivity contribution >= 4 is 11.6 Å². The Hall–Kier alpha value is -1.42. The Kier molecular flexibility index (Phi) is 4.20. The molecule has 0 amide bonds. The van der Waals surface area contributed by atoms with Crippen LogP contribution in [-0.4, -0.2) is 19.7 Å². The van der Waals surface area contributed by atoms with Gasteiger partial charge in [-0.1, -0.05) is 32.4 Å². The summed E-state index contributed by atoms with van der Waals surface area (Å²) in [4.78, 5) is 8.96. The minimum Gasteiger partial charge on any atom is -0.272 e. The summed E-state index contributed by atoms with van der Waals surface area (Å²) in [6.07, 6.45) is 4.91. The Morgan fingerprint density at radius 3 is 2.68 bits per heavy atom. The molecule has 2 aromatic rings. The lowest BCUT2D eigenvalue weighted by molar-refractivity contribution is 0.603.